The molecule has 3 amide bonds. The second-order valence-electron chi connectivity index (χ2n) is 21.9. The van der Waals surface area contributed by atoms with Crippen molar-refractivity contribution in [1.29, 1.82) is 0 Å². The van der Waals surface area contributed by atoms with Crippen molar-refractivity contribution in [3.63, 3.8) is 0 Å². The van der Waals surface area contributed by atoms with E-state index in [2.05, 4.69) is 42.5 Å². The van der Waals surface area contributed by atoms with Gasteiger partial charge in [0.25, 0.3) is 5.91 Å². The van der Waals surface area contributed by atoms with Gasteiger partial charge in [-0.2, -0.15) is 5.10 Å². The highest BCUT2D eigenvalue weighted by Gasteiger charge is 2.34. The number of carbonyl (C=O) groups excluding carboxylic acids is 4. The second kappa shape index (κ2) is 22.0. The molecule has 0 radical (unpaired) electrons. The molecule has 1 atom stereocenters. The van der Waals surface area contributed by atoms with Gasteiger partial charge in [-0.05, 0) is 137 Å². The molecule has 3 fully saturated rings. The number of hydrogen-bond donors (Lipinski definition) is 2. The molecule has 17 heteroatoms. The van der Waals surface area contributed by atoms with Crippen LogP contribution in [0.2, 0.25) is 0 Å². The summed E-state index contributed by atoms with van der Waals surface area (Å²) in [5.74, 6) is 0.271. The first-order chi connectivity index (χ1) is 37.2. The molecule has 1 saturated carbocycles. The van der Waals surface area contributed by atoms with Crippen LogP contribution in [0.3, 0.4) is 0 Å². The van der Waals surface area contributed by atoms with E-state index in [9.17, 15) is 19.2 Å². The van der Waals surface area contributed by atoms with Crippen LogP contribution in [-0.4, -0.2) is 113 Å². The van der Waals surface area contributed by atoms with Crippen LogP contribution in [0.15, 0.2) is 91.0 Å². The number of aromatic nitrogens is 4. The zero-order valence-electron chi connectivity index (χ0n) is 44.6. The van der Waals surface area contributed by atoms with Gasteiger partial charge in [0.2, 0.25) is 11.8 Å². The van der Waals surface area contributed by atoms with Gasteiger partial charge in [0.1, 0.15) is 17.2 Å². The maximum absolute atomic E-state index is 14.1. The molecule has 3 aliphatic heterocycles. The summed E-state index contributed by atoms with van der Waals surface area (Å²) in [5.41, 5.74) is 8.30. The number of hydrogen-bond acceptors (Lipinski definition) is 14. The molecule has 6 heterocycles. The molecule has 2 saturated heterocycles. The number of amides is 3. The molecule has 0 spiro atoms. The summed E-state index contributed by atoms with van der Waals surface area (Å²) in [6.07, 6.45) is 5.49. The number of benzene rings is 4. The van der Waals surface area contributed by atoms with Gasteiger partial charge in [-0.1, -0.05) is 59.9 Å². The minimum Gasteiger partial charge on any atom is -0.490 e. The Morgan fingerprint density at radius 3 is 2.40 bits per heavy atom. The lowest BCUT2D eigenvalue weighted by molar-refractivity contribution is -0.134. The van der Waals surface area contributed by atoms with Gasteiger partial charge in [-0.25, -0.2) is 14.8 Å². The summed E-state index contributed by atoms with van der Waals surface area (Å²) in [5, 5.41) is 11.8. The normalized spacial score (nSPS) is 19.3. The maximum atomic E-state index is 14.1. The van der Waals surface area contributed by atoms with E-state index < -0.39 is 17.5 Å². The van der Waals surface area contributed by atoms with Gasteiger partial charge < -0.3 is 24.0 Å². The molecule has 1 unspecified atom stereocenters. The number of esters is 1. The minimum absolute atomic E-state index is 0.0682. The summed E-state index contributed by atoms with van der Waals surface area (Å²) in [6.45, 7) is 14.6. The summed E-state index contributed by atoms with van der Waals surface area (Å²) < 4.78 is 22.0. The summed E-state index contributed by atoms with van der Waals surface area (Å²) in [6, 6.07) is 29.8. The predicted molar refractivity (Wildman–Crippen MR) is 300 cm³/mol. The number of nitrogens with one attached hydrogen (secondary N) is 2. The Labute approximate surface area is 453 Å². The smallest absolute Gasteiger partial charge is 0.358 e. The van der Waals surface area contributed by atoms with E-state index >= 15 is 0 Å². The lowest BCUT2D eigenvalue weighted by Crippen LogP contribution is -2.47. The van der Waals surface area contributed by atoms with Crippen LogP contribution in [0, 0.1) is 12.8 Å². The minimum atomic E-state index is -0.740. The van der Waals surface area contributed by atoms with Crippen molar-refractivity contribution in [3.8, 4) is 16.9 Å². The van der Waals surface area contributed by atoms with Gasteiger partial charge >= 0.3 is 5.97 Å². The molecule has 1 aliphatic carbocycles. The van der Waals surface area contributed by atoms with E-state index in [0.717, 1.165) is 126 Å². The molecular formula is C60H67N9O7S. The van der Waals surface area contributed by atoms with Crippen molar-refractivity contribution >= 4 is 72.8 Å². The largest absolute Gasteiger partial charge is 0.490 e. The number of rotatable bonds is 14. The second-order valence-corrected chi connectivity index (χ2v) is 22.9. The highest BCUT2D eigenvalue weighted by atomic mass is 32.1. The average molecular weight is 1060 g/mol. The Balaban J connectivity index is 0.684. The highest BCUT2D eigenvalue weighted by Crippen LogP contribution is 2.39. The number of imide groups is 1. The molecule has 4 aromatic carbocycles. The van der Waals surface area contributed by atoms with Gasteiger partial charge in [0.15, 0.2) is 10.8 Å². The molecule has 16 nitrogen and oxygen atoms in total. The first kappa shape index (κ1) is 51.9. The van der Waals surface area contributed by atoms with E-state index in [1.165, 1.54) is 11.3 Å². The fourth-order valence-electron chi connectivity index (χ4n) is 11.5. The Morgan fingerprint density at radius 2 is 1.61 bits per heavy atom. The van der Waals surface area contributed by atoms with Crippen LogP contribution in [0.25, 0.3) is 32.2 Å². The fraction of sp³-hybridized carbons (Fsp3) is 0.417. The van der Waals surface area contributed by atoms with Crippen LogP contribution in [0.1, 0.15) is 108 Å². The number of nitrogens with zero attached hydrogens (tertiary/aromatic N) is 7. The SMILES string of the molecule is Cc1c(OC2CCC(COCCN3CCN(c4cccc5c(C6CCC(=O)NC6=O)nn(C)c45)CC3)CC2)cccc1-c1ccc(N2CCc3cccc(C(=O)Nc4nc5ccccc5s4)c3C2)nc1C(=O)OC(C)(C)C. The predicted octanol–water partition coefficient (Wildman–Crippen LogP) is 9.62. The number of anilines is 3. The Morgan fingerprint density at radius 1 is 0.818 bits per heavy atom. The number of pyridine rings is 1. The van der Waals surface area contributed by atoms with Gasteiger partial charge in [0, 0.05) is 82.4 Å². The Hall–Kier alpha value is -7.21. The molecular weight excluding hydrogens is 991 g/mol. The van der Waals surface area contributed by atoms with Crippen LogP contribution in [0.5, 0.6) is 5.75 Å². The van der Waals surface area contributed by atoms with Crippen molar-refractivity contribution in [2.24, 2.45) is 13.0 Å². The Bertz CT molecular complexity index is 3330. The molecule has 7 aromatic rings. The van der Waals surface area contributed by atoms with Gasteiger partial charge in [0.05, 0.1) is 45.7 Å². The number of aryl methyl sites for hydroxylation is 1. The van der Waals surface area contributed by atoms with Crippen LogP contribution < -0.4 is 25.2 Å². The number of carbonyl (C=O) groups is 4. The van der Waals surface area contributed by atoms with Gasteiger partial charge in [-0.3, -0.25) is 34.6 Å². The average Bonchev–Trinajstić information content (AvgIpc) is 4.11. The number of thiazole rings is 1. The van der Waals surface area contributed by atoms with Crippen molar-refractivity contribution < 1.29 is 33.4 Å². The van der Waals surface area contributed by atoms with E-state index in [4.69, 9.17) is 24.3 Å². The van der Waals surface area contributed by atoms with Crippen molar-refractivity contribution in [3.05, 3.63) is 125 Å². The first-order valence-corrected chi connectivity index (χ1v) is 27.9. The Kier molecular flexibility index (Phi) is 14.8. The molecule has 3 aromatic heterocycles. The standard InChI is InChI=1S/C60H67N9O7S/c1-37-41(42-23-25-51(62-54(42)58(73)76-60(2,3)4)69-28-27-39-11-8-13-43(46(39)35-69)56(71)64-59-61-47-15-6-7-18-50(47)77-59)12-10-17-49(37)75-40-21-19-38(20-22-40)36-74-34-33-67-29-31-68(32-30-67)48-16-9-14-44-53(65-66(5)55(44)48)45-24-26-52(70)63-57(45)72/h6-18,23,25,38,40,45H,19-22,24,26-36H2,1-5H3,(H,61,64,71)(H,63,70,72). The molecule has 11 rings (SSSR count). The van der Waals surface area contributed by atoms with E-state index in [0.29, 0.717) is 67.0 Å². The van der Waals surface area contributed by atoms with Crippen LogP contribution in [0.4, 0.5) is 16.6 Å². The topological polar surface area (TPSA) is 173 Å². The quantitative estimate of drug-likeness (QED) is 0.0600. The monoisotopic (exact) mass is 1060 g/mol. The molecule has 400 valence electrons. The highest BCUT2D eigenvalue weighted by molar-refractivity contribution is 7.22. The zero-order chi connectivity index (χ0) is 53.4. The summed E-state index contributed by atoms with van der Waals surface area (Å²) in [7, 11) is 1.93. The molecule has 0 bridgehead atoms. The number of para-hydroxylation sites is 2. The van der Waals surface area contributed by atoms with E-state index in [-0.39, 0.29) is 29.5 Å². The lowest BCUT2D eigenvalue weighted by Gasteiger charge is -2.36. The van der Waals surface area contributed by atoms with Crippen molar-refractivity contribution in [1.82, 2.24) is 30.0 Å². The van der Waals surface area contributed by atoms with Gasteiger partial charge in [-0.15, -0.1) is 0 Å². The number of fused-ring (bicyclic) bond motifs is 3. The fourth-order valence-corrected chi connectivity index (χ4v) is 12.4. The molecule has 4 aliphatic rings. The van der Waals surface area contributed by atoms with Crippen molar-refractivity contribution in [2.75, 3.05) is 67.6 Å². The number of piperidine rings is 1. The van der Waals surface area contributed by atoms with Crippen LogP contribution in [-0.2, 0) is 39.1 Å². The number of piperazine rings is 1. The third kappa shape index (κ3) is 11.3. The lowest BCUT2D eigenvalue weighted by atomic mass is 9.88. The molecule has 77 heavy (non-hydrogen) atoms. The molecule has 2 N–H and O–H groups in total. The number of ether oxygens (including phenoxy) is 3. The zero-order valence-corrected chi connectivity index (χ0v) is 45.4. The van der Waals surface area contributed by atoms with Crippen molar-refractivity contribution in [2.45, 2.75) is 96.8 Å². The van der Waals surface area contributed by atoms with E-state index in [1.807, 2.05) is 118 Å². The first-order valence-electron chi connectivity index (χ1n) is 27.1. The third-order valence-corrected chi connectivity index (χ3v) is 16.5. The summed E-state index contributed by atoms with van der Waals surface area (Å²) in [4.78, 5) is 69.2. The van der Waals surface area contributed by atoms with Crippen LogP contribution >= 0.6 is 11.3 Å². The van der Waals surface area contributed by atoms with E-state index in [1.54, 1.807) is 0 Å². The maximum Gasteiger partial charge on any atom is 0.358 e. The third-order valence-electron chi connectivity index (χ3n) is 15.6. The summed E-state index contributed by atoms with van der Waals surface area (Å²) >= 11 is 1.45.